The zero-order valence-electron chi connectivity index (χ0n) is 22.3. The number of hydrogen-bond acceptors (Lipinski definition) is 5. The van der Waals surface area contributed by atoms with Crippen LogP contribution in [-0.2, 0) is 26.2 Å². The van der Waals surface area contributed by atoms with E-state index < -0.39 is 28.5 Å². The molecule has 0 aromatic heterocycles. The van der Waals surface area contributed by atoms with Crippen LogP contribution in [0.3, 0.4) is 0 Å². The molecule has 3 aromatic carbocycles. The standard InChI is InChI=1S/C29H34ClN3O5S/c1-4-5-18-31-29(35)22(2)32(20-23-10-9-11-26(19-23)38-3)28(34)21-33(25-16-14-24(30)15-17-25)39(36,37)27-12-7-6-8-13-27/h6-17,19,22H,4-5,18,20-21H2,1-3H3,(H,31,35)/t22-/m0/s1. The van der Waals surface area contributed by atoms with Crippen molar-refractivity contribution in [3.63, 3.8) is 0 Å². The fraction of sp³-hybridized carbons (Fsp3) is 0.310. The molecule has 1 N–H and O–H groups in total. The summed E-state index contributed by atoms with van der Waals surface area (Å²) in [6.45, 7) is 3.71. The summed E-state index contributed by atoms with van der Waals surface area (Å²) in [6, 6.07) is 20.4. The molecular weight excluding hydrogens is 538 g/mol. The molecule has 1 atom stereocenters. The zero-order chi connectivity index (χ0) is 28.4. The maximum absolute atomic E-state index is 13.9. The molecule has 0 bridgehead atoms. The molecule has 0 fully saturated rings. The summed E-state index contributed by atoms with van der Waals surface area (Å²) >= 11 is 6.05. The smallest absolute Gasteiger partial charge is 0.264 e. The number of amides is 2. The van der Waals surface area contributed by atoms with E-state index in [2.05, 4.69) is 5.32 Å². The quantitative estimate of drug-likeness (QED) is 0.295. The third kappa shape index (κ3) is 7.97. The van der Waals surface area contributed by atoms with Crippen LogP contribution in [-0.4, -0.2) is 51.4 Å². The molecule has 3 aromatic rings. The molecule has 0 saturated carbocycles. The minimum Gasteiger partial charge on any atom is -0.497 e. The zero-order valence-corrected chi connectivity index (χ0v) is 23.9. The summed E-state index contributed by atoms with van der Waals surface area (Å²) in [5, 5.41) is 3.30. The Hall–Kier alpha value is -3.56. The minimum atomic E-state index is -4.12. The number of anilines is 1. The highest BCUT2D eigenvalue weighted by atomic mass is 35.5. The van der Waals surface area contributed by atoms with E-state index >= 15 is 0 Å². The number of rotatable bonds is 13. The van der Waals surface area contributed by atoms with Crippen molar-refractivity contribution in [1.29, 1.82) is 0 Å². The first-order valence-electron chi connectivity index (χ1n) is 12.7. The molecule has 3 rings (SSSR count). The van der Waals surface area contributed by atoms with Crippen LogP contribution < -0.4 is 14.4 Å². The summed E-state index contributed by atoms with van der Waals surface area (Å²) in [7, 11) is -2.57. The molecule has 0 unspecified atom stereocenters. The fourth-order valence-corrected chi connectivity index (χ4v) is 5.50. The highest BCUT2D eigenvalue weighted by Gasteiger charge is 2.32. The van der Waals surface area contributed by atoms with Gasteiger partial charge in [0, 0.05) is 18.1 Å². The number of nitrogens with zero attached hydrogens (tertiary/aromatic N) is 2. The van der Waals surface area contributed by atoms with Crippen LogP contribution in [0, 0.1) is 0 Å². The van der Waals surface area contributed by atoms with Gasteiger partial charge in [0.25, 0.3) is 10.0 Å². The highest BCUT2D eigenvalue weighted by Crippen LogP contribution is 2.26. The number of sulfonamides is 1. The number of halogens is 1. The second-order valence-electron chi connectivity index (χ2n) is 8.99. The molecule has 0 saturated heterocycles. The maximum Gasteiger partial charge on any atom is 0.264 e. The summed E-state index contributed by atoms with van der Waals surface area (Å²) in [5.74, 6) is -0.247. The number of hydrogen-bond donors (Lipinski definition) is 1. The topological polar surface area (TPSA) is 96.0 Å². The van der Waals surface area contributed by atoms with Gasteiger partial charge >= 0.3 is 0 Å². The second kappa shape index (κ2) is 14.0. The van der Waals surface area contributed by atoms with Crippen LogP contribution in [0.15, 0.2) is 83.8 Å². The van der Waals surface area contributed by atoms with Crippen LogP contribution in [0.5, 0.6) is 5.75 Å². The molecule has 0 radical (unpaired) electrons. The lowest BCUT2D eigenvalue weighted by Gasteiger charge is -2.32. The van der Waals surface area contributed by atoms with E-state index in [1.807, 2.05) is 13.0 Å². The van der Waals surface area contributed by atoms with E-state index in [0.29, 0.717) is 17.3 Å². The number of benzene rings is 3. The maximum atomic E-state index is 13.9. The van der Waals surface area contributed by atoms with E-state index in [4.69, 9.17) is 16.3 Å². The van der Waals surface area contributed by atoms with E-state index in [-0.39, 0.29) is 23.0 Å². The number of unbranched alkanes of at least 4 members (excludes halogenated alkanes) is 1. The Balaban J connectivity index is 1.99. The average Bonchev–Trinajstić information content (AvgIpc) is 2.95. The van der Waals surface area contributed by atoms with Crippen molar-refractivity contribution in [2.24, 2.45) is 0 Å². The van der Waals surface area contributed by atoms with E-state index in [9.17, 15) is 18.0 Å². The molecule has 2 amide bonds. The number of carbonyl (C=O) groups is 2. The lowest BCUT2D eigenvalue weighted by molar-refractivity contribution is -0.139. The van der Waals surface area contributed by atoms with Gasteiger partial charge in [-0.25, -0.2) is 8.42 Å². The molecule has 39 heavy (non-hydrogen) atoms. The molecule has 0 aliphatic heterocycles. The average molecular weight is 572 g/mol. The van der Waals surface area contributed by atoms with Gasteiger partial charge in [-0.1, -0.05) is 55.3 Å². The summed E-state index contributed by atoms with van der Waals surface area (Å²) in [4.78, 5) is 28.3. The first-order chi connectivity index (χ1) is 18.7. The van der Waals surface area contributed by atoms with Gasteiger partial charge in [-0.3, -0.25) is 13.9 Å². The van der Waals surface area contributed by atoms with Crippen LogP contribution in [0.2, 0.25) is 5.02 Å². The van der Waals surface area contributed by atoms with Crippen molar-refractivity contribution in [2.45, 2.75) is 44.2 Å². The van der Waals surface area contributed by atoms with Gasteiger partial charge in [0.15, 0.2) is 0 Å². The Morgan fingerprint density at radius 1 is 1.00 bits per heavy atom. The van der Waals surface area contributed by atoms with E-state index in [1.54, 1.807) is 74.7 Å². The van der Waals surface area contributed by atoms with Crippen molar-refractivity contribution in [2.75, 3.05) is 24.5 Å². The molecule has 208 valence electrons. The highest BCUT2D eigenvalue weighted by molar-refractivity contribution is 7.92. The van der Waals surface area contributed by atoms with Crippen LogP contribution in [0.1, 0.15) is 32.3 Å². The SMILES string of the molecule is CCCCNC(=O)[C@H](C)N(Cc1cccc(OC)c1)C(=O)CN(c1ccc(Cl)cc1)S(=O)(=O)c1ccccc1. The molecule has 8 nitrogen and oxygen atoms in total. The lowest BCUT2D eigenvalue weighted by Crippen LogP contribution is -2.51. The van der Waals surface area contributed by atoms with Gasteiger partial charge in [-0.15, -0.1) is 0 Å². The van der Waals surface area contributed by atoms with Gasteiger partial charge in [0.2, 0.25) is 11.8 Å². The lowest BCUT2D eigenvalue weighted by atomic mass is 10.1. The van der Waals surface area contributed by atoms with Crippen molar-refractivity contribution >= 4 is 39.1 Å². The Labute approximate surface area is 235 Å². The molecule has 0 aliphatic rings. The normalized spacial score (nSPS) is 11.9. The van der Waals surface area contributed by atoms with Crippen LogP contribution >= 0.6 is 11.6 Å². The van der Waals surface area contributed by atoms with Gasteiger partial charge in [0.1, 0.15) is 18.3 Å². The van der Waals surface area contributed by atoms with E-state index in [0.717, 1.165) is 22.7 Å². The van der Waals surface area contributed by atoms with Crippen LogP contribution in [0.4, 0.5) is 5.69 Å². The second-order valence-corrected chi connectivity index (χ2v) is 11.3. The third-order valence-electron chi connectivity index (χ3n) is 6.21. The molecular formula is C29H34ClN3O5S. The van der Waals surface area contributed by atoms with Gasteiger partial charge in [-0.05, 0) is 67.4 Å². The molecule has 0 aliphatic carbocycles. The molecule has 0 heterocycles. The Morgan fingerprint density at radius 3 is 2.33 bits per heavy atom. The number of carbonyl (C=O) groups excluding carboxylic acids is 2. The molecule has 10 heteroatoms. The first kappa shape index (κ1) is 30.0. The molecule has 0 spiro atoms. The summed E-state index contributed by atoms with van der Waals surface area (Å²) < 4.78 is 33.8. The first-order valence-corrected chi connectivity index (χ1v) is 14.5. The number of ether oxygens (including phenoxy) is 1. The Bertz CT molecular complexity index is 1350. The predicted molar refractivity (Wildman–Crippen MR) is 153 cm³/mol. The van der Waals surface area contributed by atoms with Gasteiger partial charge < -0.3 is 15.0 Å². The number of nitrogens with one attached hydrogen (secondary N) is 1. The van der Waals surface area contributed by atoms with Crippen molar-refractivity contribution in [3.8, 4) is 5.75 Å². The monoisotopic (exact) mass is 571 g/mol. The van der Waals surface area contributed by atoms with Crippen LogP contribution in [0.25, 0.3) is 0 Å². The minimum absolute atomic E-state index is 0.0393. The van der Waals surface area contributed by atoms with Crippen molar-refractivity contribution < 1.29 is 22.7 Å². The third-order valence-corrected chi connectivity index (χ3v) is 8.25. The van der Waals surface area contributed by atoms with Crippen molar-refractivity contribution in [1.82, 2.24) is 10.2 Å². The van der Waals surface area contributed by atoms with E-state index in [1.165, 1.54) is 17.0 Å². The predicted octanol–water partition coefficient (Wildman–Crippen LogP) is 4.88. The largest absolute Gasteiger partial charge is 0.497 e. The van der Waals surface area contributed by atoms with Gasteiger partial charge in [0.05, 0.1) is 17.7 Å². The summed E-state index contributed by atoms with van der Waals surface area (Å²) in [5.41, 5.74) is 1.01. The Morgan fingerprint density at radius 2 is 1.69 bits per heavy atom. The summed E-state index contributed by atoms with van der Waals surface area (Å²) in [6.07, 6.45) is 1.72. The van der Waals surface area contributed by atoms with Gasteiger partial charge in [-0.2, -0.15) is 0 Å². The fourth-order valence-electron chi connectivity index (χ4n) is 3.94. The Kier molecular flexibility index (Phi) is 10.8. The van der Waals surface area contributed by atoms with Crippen molar-refractivity contribution in [3.05, 3.63) is 89.4 Å². The number of methoxy groups -OCH3 is 1.